The molecule has 2 fully saturated rings. The lowest BCUT2D eigenvalue weighted by Crippen LogP contribution is -2.40. The van der Waals surface area contributed by atoms with Gasteiger partial charge in [-0.05, 0) is 24.3 Å². The molecule has 2 aliphatic heterocycles. The number of morpholine rings is 1. The van der Waals surface area contributed by atoms with Gasteiger partial charge in [-0.3, -0.25) is 9.59 Å². The van der Waals surface area contributed by atoms with E-state index in [9.17, 15) is 18.0 Å². The zero-order valence-corrected chi connectivity index (χ0v) is 15.1. The van der Waals surface area contributed by atoms with Gasteiger partial charge in [-0.2, -0.15) is 4.31 Å². The van der Waals surface area contributed by atoms with Crippen molar-refractivity contribution < 1.29 is 22.7 Å². The highest BCUT2D eigenvalue weighted by Gasteiger charge is 2.26. The second-order valence-corrected chi connectivity index (χ2v) is 8.55. The normalized spacial score (nSPS) is 19.2. The van der Waals surface area contributed by atoms with Crippen LogP contribution in [0.2, 0.25) is 0 Å². The van der Waals surface area contributed by atoms with Gasteiger partial charge in [0, 0.05) is 18.8 Å². The van der Waals surface area contributed by atoms with Crippen LogP contribution >= 0.6 is 11.8 Å². The van der Waals surface area contributed by atoms with Crippen LogP contribution in [0.5, 0.6) is 0 Å². The van der Waals surface area contributed by atoms with Crippen LogP contribution in [0, 0.1) is 0 Å². The number of carbonyl (C=O) groups excluding carboxylic acids is 2. The van der Waals surface area contributed by atoms with Crippen molar-refractivity contribution in [3.8, 4) is 0 Å². The number of carbonyl (C=O) groups is 2. The third kappa shape index (κ3) is 4.32. The molecule has 0 unspecified atom stereocenters. The van der Waals surface area contributed by atoms with E-state index in [-0.39, 0.29) is 23.3 Å². The molecule has 2 heterocycles. The number of nitrogens with one attached hydrogen (secondary N) is 1. The first-order valence-corrected chi connectivity index (χ1v) is 10.4. The maximum atomic E-state index is 12.5. The smallest absolute Gasteiger partial charge is 0.244 e. The predicted molar refractivity (Wildman–Crippen MR) is 93.7 cm³/mol. The first-order chi connectivity index (χ1) is 12.0. The average molecular weight is 385 g/mol. The van der Waals surface area contributed by atoms with Gasteiger partial charge in [0.05, 0.1) is 29.7 Å². The van der Waals surface area contributed by atoms with Crippen molar-refractivity contribution in [1.29, 1.82) is 0 Å². The number of sulfonamides is 1. The quantitative estimate of drug-likeness (QED) is 0.777. The maximum absolute atomic E-state index is 12.5. The molecule has 0 atom stereocenters. The Morgan fingerprint density at radius 3 is 2.48 bits per heavy atom. The van der Waals surface area contributed by atoms with E-state index in [1.54, 1.807) is 12.1 Å². The summed E-state index contributed by atoms with van der Waals surface area (Å²) in [7, 11) is -3.55. The number of nitrogens with zero attached hydrogens (tertiary/aromatic N) is 2. The van der Waals surface area contributed by atoms with E-state index in [1.807, 2.05) is 0 Å². The number of rotatable bonds is 5. The Hall–Kier alpha value is -1.62. The molecule has 0 aromatic heterocycles. The lowest BCUT2D eigenvalue weighted by molar-refractivity contribution is -0.130. The summed E-state index contributed by atoms with van der Waals surface area (Å²) in [5.41, 5.74) is 0.491. The third-order valence-electron chi connectivity index (χ3n) is 3.91. The molecule has 1 aromatic rings. The number of thioether (sulfide) groups is 1. The second kappa shape index (κ2) is 7.73. The number of benzene rings is 1. The van der Waals surface area contributed by atoms with Crippen LogP contribution in [0.3, 0.4) is 0 Å². The molecule has 1 N–H and O–H groups in total. The summed E-state index contributed by atoms with van der Waals surface area (Å²) in [5, 5.41) is 2.68. The fourth-order valence-electron chi connectivity index (χ4n) is 2.56. The Balaban J connectivity index is 1.61. The summed E-state index contributed by atoms with van der Waals surface area (Å²) in [6.45, 7) is 1.45. The summed E-state index contributed by atoms with van der Waals surface area (Å²) < 4.78 is 31.6. The molecule has 10 heteroatoms. The van der Waals surface area contributed by atoms with Gasteiger partial charge in [-0.15, -0.1) is 11.8 Å². The zero-order chi connectivity index (χ0) is 17.9. The van der Waals surface area contributed by atoms with Crippen molar-refractivity contribution in [3.05, 3.63) is 24.3 Å². The lowest BCUT2D eigenvalue weighted by atomic mass is 10.3. The van der Waals surface area contributed by atoms with Gasteiger partial charge in [0.15, 0.2) is 0 Å². The van der Waals surface area contributed by atoms with Gasteiger partial charge in [-0.25, -0.2) is 8.42 Å². The fourth-order valence-corrected chi connectivity index (χ4v) is 4.87. The molecule has 1 aromatic carbocycles. The number of amides is 2. The molecule has 8 nitrogen and oxygen atoms in total. The van der Waals surface area contributed by atoms with Crippen LogP contribution in [-0.2, 0) is 24.3 Å². The number of anilines is 1. The van der Waals surface area contributed by atoms with E-state index in [0.29, 0.717) is 43.6 Å². The van der Waals surface area contributed by atoms with Gasteiger partial charge in [0.1, 0.15) is 6.54 Å². The molecular formula is C15H19N3O5S2. The molecule has 25 heavy (non-hydrogen) atoms. The van der Waals surface area contributed by atoms with Gasteiger partial charge < -0.3 is 15.0 Å². The SMILES string of the molecule is O=C(CN1CSCC1=O)Nc1ccc(S(=O)(=O)N2CCOCC2)cc1. The number of hydrogen-bond donors (Lipinski definition) is 1. The highest BCUT2D eigenvalue weighted by Crippen LogP contribution is 2.20. The number of ether oxygens (including phenoxy) is 1. The molecule has 2 saturated heterocycles. The average Bonchev–Trinajstić information content (AvgIpc) is 3.01. The summed E-state index contributed by atoms with van der Waals surface area (Å²) in [6.07, 6.45) is 0. The highest BCUT2D eigenvalue weighted by molar-refractivity contribution is 8.00. The van der Waals surface area contributed by atoms with Crippen LogP contribution in [0.4, 0.5) is 5.69 Å². The van der Waals surface area contributed by atoms with Crippen LogP contribution in [0.1, 0.15) is 0 Å². The molecule has 2 amide bonds. The van der Waals surface area contributed by atoms with Crippen molar-refractivity contribution in [1.82, 2.24) is 9.21 Å². The number of hydrogen-bond acceptors (Lipinski definition) is 6. The Bertz CT molecular complexity index is 745. The minimum absolute atomic E-state index is 0.000336. The molecule has 3 rings (SSSR count). The topological polar surface area (TPSA) is 96.0 Å². The summed E-state index contributed by atoms with van der Waals surface area (Å²) in [4.78, 5) is 25.2. The molecule has 0 aliphatic carbocycles. The van der Waals surface area contributed by atoms with E-state index < -0.39 is 10.0 Å². The Kier molecular flexibility index (Phi) is 5.62. The van der Waals surface area contributed by atoms with E-state index in [0.717, 1.165) is 0 Å². The van der Waals surface area contributed by atoms with Crippen molar-refractivity contribution in [3.63, 3.8) is 0 Å². The van der Waals surface area contributed by atoms with E-state index in [1.165, 1.54) is 33.1 Å². The molecular weight excluding hydrogens is 366 g/mol. The van der Waals surface area contributed by atoms with Gasteiger partial charge >= 0.3 is 0 Å². The summed E-state index contributed by atoms with van der Waals surface area (Å²) in [5.74, 6) is 0.566. The standard InChI is InChI=1S/C15H19N3O5S2/c19-14(9-17-11-24-10-15(17)20)16-12-1-3-13(4-2-12)25(21,22)18-5-7-23-8-6-18/h1-4H,5-11H2,(H,16,19). The van der Waals surface area contributed by atoms with E-state index >= 15 is 0 Å². The molecule has 136 valence electrons. The van der Waals surface area contributed by atoms with Crippen molar-refractivity contribution in [2.24, 2.45) is 0 Å². The summed E-state index contributed by atoms with van der Waals surface area (Å²) in [6, 6.07) is 6.03. The van der Waals surface area contributed by atoms with Crippen molar-refractivity contribution in [2.75, 3.05) is 49.8 Å². The Morgan fingerprint density at radius 2 is 1.88 bits per heavy atom. The van der Waals surface area contributed by atoms with Gasteiger partial charge in [-0.1, -0.05) is 0 Å². The van der Waals surface area contributed by atoms with Crippen molar-refractivity contribution in [2.45, 2.75) is 4.90 Å². The lowest BCUT2D eigenvalue weighted by Gasteiger charge is -2.26. The molecule has 0 saturated carbocycles. The van der Waals surface area contributed by atoms with Crippen LogP contribution in [0.15, 0.2) is 29.2 Å². The Morgan fingerprint density at radius 1 is 1.20 bits per heavy atom. The van der Waals surface area contributed by atoms with Gasteiger partial charge in [0.2, 0.25) is 21.8 Å². The zero-order valence-electron chi connectivity index (χ0n) is 13.5. The molecule has 2 aliphatic rings. The molecule has 0 spiro atoms. The summed E-state index contributed by atoms with van der Waals surface area (Å²) >= 11 is 1.47. The van der Waals surface area contributed by atoms with Gasteiger partial charge in [0.25, 0.3) is 0 Å². The molecule has 0 bridgehead atoms. The minimum atomic E-state index is -3.55. The van der Waals surface area contributed by atoms with E-state index in [4.69, 9.17) is 4.74 Å². The first kappa shape index (κ1) is 18.2. The Labute approximate surface area is 150 Å². The predicted octanol–water partition coefficient (Wildman–Crippen LogP) is 0.179. The molecule has 0 radical (unpaired) electrons. The first-order valence-electron chi connectivity index (χ1n) is 7.80. The van der Waals surface area contributed by atoms with Crippen molar-refractivity contribution >= 4 is 39.3 Å². The second-order valence-electron chi connectivity index (χ2n) is 5.66. The highest BCUT2D eigenvalue weighted by atomic mass is 32.2. The fraction of sp³-hybridized carbons (Fsp3) is 0.467. The van der Waals surface area contributed by atoms with E-state index in [2.05, 4.69) is 5.32 Å². The third-order valence-corrected chi connectivity index (χ3v) is 6.76. The maximum Gasteiger partial charge on any atom is 0.244 e. The monoisotopic (exact) mass is 385 g/mol. The largest absolute Gasteiger partial charge is 0.379 e. The van der Waals surface area contributed by atoms with Crippen LogP contribution in [-0.4, -0.2) is 73.9 Å². The van der Waals surface area contributed by atoms with Crippen LogP contribution in [0.25, 0.3) is 0 Å². The minimum Gasteiger partial charge on any atom is -0.379 e. The van der Waals surface area contributed by atoms with Crippen LogP contribution < -0.4 is 5.32 Å².